The fourth-order valence-corrected chi connectivity index (χ4v) is 3.21. The second kappa shape index (κ2) is 8.49. The first-order valence-corrected chi connectivity index (χ1v) is 8.89. The van der Waals surface area contributed by atoms with Gasteiger partial charge in [0.15, 0.2) is 0 Å². The van der Waals surface area contributed by atoms with Crippen LogP contribution in [0.25, 0.3) is 0 Å². The minimum atomic E-state index is -0.199. The smallest absolute Gasteiger partial charge is 0.265 e. The molecule has 2 amide bonds. The highest BCUT2D eigenvalue weighted by atomic mass is 32.1. The second-order valence-corrected chi connectivity index (χ2v) is 6.71. The summed E-state index contributed by atoms with van der Waals surface area (Å²) in [6, 6.07) is 10.8. The van der Waals surface area contributed by atoms with Crippen LogP contribution in [-0.2, 0) is 11.3 Å². The molecule has 0 aliphatic rings. The summed E-state index contributed by atoms with van der Waals surface area (Å²) in [7, 11) is 0. The van der Waals surface area contributed by atoms with Crippen molar-refractivity contribution in [2.75, 3.05) is 11.1 Å². The van der Waals surface area contributed by atoms with Gasteiger partial charge in [-0.25, -0.2) is 0 Å². The lowest BCUT2D eigenvalue weighted by Gasteiger charge is -2.11. The van der Waals surface area contributed by atoms with E-state index in [2.05, 4.69) is 10.6 Å². The van der Waals surface area contributed by atoms with Crippen molar-refractivity contribution in [2.24, 2.45) is 5.92 Å². The highest BCUT2D eigenvalue weighted by Crippen LogP contribution is 2.21. The molecular weight excluding hydrogens is 322 g/mol. The number of nitrogen functional groups attached to an aromatic ring is 1. The number of nitrogens with one attached hydrogen (secondary N) is 2. The minimum Gasteiger partial charge on any atom is -0.397 e. The number of hydrogen-bond acceptors (Lipinski definition) is 4. The summed E-state index contributed by atoms with van der Waals surface area (Å²) < 4.78 is 0. The van der Waals surface area contributed by atoms with Gasteiger partial charge in [-0.2, -0.15) is 0 Å². The average molecular weight is 345 g/mol. The highest BCUT2D eigenvalue weighted by molar-refractivity contribution is 7.14. The fourth-order valence-electron chi connectivity index (χ4n) is 2.37. The van der Waals surface area contributed by atoms with E-state index in [0.29, 0.717) is 22.8 Å². The van der Waals surface area contributed by atoms with Crippen molar-refractivity contribution in [1.29, 1.82) is 0 Å². The van der Waals surface area contributed by atoms with Gasteiger partial charge in [-0.1, -0.05) is 26.0 Å². The molecule has 5 nitrogen and oxygen atoms in total. The summed E-state index contributed by atoms with van der Waals surface area (Å²) in [4.78, 5) is 25.8. The van der Waals surface area contributed by atoms with Crippen molar-refractivity contribution in [2.45, 2.75) is 33.2 Å². The van der Waals surface area contributed by atoms with Gasteiger partial charge in [-0.3, -0.25) is 9.59 Å². The normalized spacial score (nSPS) is 10.6. The Morgan fingerprint density at radius 3 is 2.50 bits per heavy atom. The maximum atomic E-state index is 12.3. The zero-order valence-corrected chi connectivity index (χ0v) is 14.8. The van der Waals surface area contributed by atoms with Gasteiger partial charge in [0.05, 0.1) is 22.8 Å². The first-order chi connectivity index (χ1) is 11.5. The lowest BCUT2D eigenvalue weighted by atomic mass is 10.0. The number of carbonyl (C=O) groups excluding carboxylic acids is 2. The van der Waals surface area contributed by atoms with Crippen LogP contribution in [-0.4, -0.2) is 11.8 Å². The highest BCUT2D eigenvalue weighted by Gasteiger charge is 2.15. The predicted molar refractivity (Wildman–Crippen MR) is 99.0 cm³/mol. The predicted octanol–water partition coefficient (Wildman–Crippen LogP) is 3.64. The van der Waals surface area contributed by atoms with Crippen LogP contribution < -0.4 is 16.4 Å². The Kier molecular flexibility index (Phi) is 6.37. The van der Waals surface area contributed by atoms with Gasteiger partial charge >= 0.3 is 0 Å². The molecule has 128 valence electrons. The third kappa shape index (κ3) is 4.58. The van der Waals surface area contributed by atoms with E-state index in [1.807, 2.05) is 32.0 Å². The van der Waals surface area contributed by atoms with Crippen LogP contribution in [0.1, 0.15) is 41.2 Å². The maximum Gasteiger partial charge on any atom is 0.265 e. The summed E-state index contributed by atoms with van der Waals surface area (Å²) in [5.41, 5.74) is 6.95. The summed E-state index contributed by atoms with van der Waals surface area (Å²) in [6.07, 6.45) is 1.66. The third-order valence-corrected chi connectivity index (χ3v) is 4.97. The molecule has 0 saturated carbocycles. The van der Waals surface area contributed by atoms with Crippen molar-refractivity contribution >= 4 is 34.5 Å². The molecule has 0 radical (unpaired) electrons. The summed E-state index contributed by atoms with van der Waals surface area (Å²) in [5.74, 6) is -0.0827. The molecule has 1 aromatic carbocycles. The number of carbonyl (C=O) groups is 2. The molecule has 2 rings (SSSR count). The Morgan fingerprint density at radius 1 is 1.12 bits per heavy atom. The molecule has 0 aliphatic heterocycles. The van der Waals surface area contributed by atoms with E-state index in [-0.39, 0.29) is 17.7 Å². The van der Waals surface area contributed by atoms with Crippen LogP contribution in [0.3, 0.4) is 0 Å². The zero-order valence-electron chi connectivity index (χ0n) is 14.0. The minimum absolute atomic E-state index is 0.0498. The van der Waals surface area contributed by atoms with Crippen molar-refractivity contribution in [3.63, 3.8) is 0 Å². The monoisotopic (exact) mass is 345 g/mol. The topological polar surface area (TPSA) is 84.2 Å². The largest absolute Gasteiger partial charge is 0.397 e. The Hall–Kier alpha value is -2.34. The van der Waals surface area contributed by atoms with Crippen LogP contribution in [0.2, 0.25) is 0 Å². The van der Waals surface area contributed by atoms with Crippen LogP contribution in [0, 0.1) is 5.92 Å². The molecule has 0 atom stereocenters. The lowest BCUT2D eigenvalue weighted by molar-refractivity contribution is -0.125. The first kappa shape index (κ1) is 18.0. The fraction of sp³-hybridized carbons (Fsp3) is 0.333. The number of para-hydroxylation sites is 2. The summed E-state index contributed by atoms with van der Waals surface area (Å²) in [5, 5.41) is 5.73. The van der Waals surface area contributed by atoms with E-state index >= 15 is 0 Å². The molecular formula is C18H23N3O2S. The standard InChI is InChI=1S/C18H23N3O2S/c1-3-12(4-2)17(22)20-11-13-9-10-16(24-13)18(23)21-15-8-6-5-7-14(15)19/h5-10,12H,3-4,11,19H2,1-2H3,(H,20,22)(H,21,23). The Balaban J connectivity index is 1.94. The zero-order chi connectivity index (χ0) is 17.5. The van der Waals surface area contributed by atoms with Gasteiger partial charge < -0.3 is 16.4 Å². The van der Waals surface area contributed by atoms with E-state index in [1.54, 1.807) is 18.2 Å². The molecule has 0 unspecified atom stereocenters. The summed E-state index contributed by atoms with van der Waals surface area (Å²) >= 11 is 1.37. The number of rotatable bonds is 7. The molecule has 0 saturated heterocycles. The Bertz CT molecular complexity index is 708. The van der Waals surface area contributed by atoms with E-state index < -0.39 is 0 Å². The number of hydrogen-bond donors (Lipinski definition) is 3. The quantitative estimate of drug-likeness (QED) is 0.670. The van der Waals surface area contributed by atoms with Crippen LogP contribution in [0.15, 0.2) is 36.4 Å². The molecule has 1 heterocycles. The van der Waals surface area contributed by atoms with E-state index in [4.69, 9.17) is 5.73 Å². The van der Waals surface area contributed by atoms with Crippen LogP contribution >= 0.6 is 11.3 Å². The number of amides is 2. The number of thiophene rings is 1. The Labute approximate surface area is 146 Å². The summed E-state index contributed by atoms with van der Waals surface area (Å²) in [6.45, 7) is 4.47. The van der Waals surface area contributed by atoms with E-state index in [9.17, 15) is 9.59 Å². The SMILES string of the molecule is CCC(CC)C(=O)NCc1ccc(C(=O)Nc2ccccc2N)s1. The number of anilines is 2. The molecule has 0 bridgehead atoms. The number of nitrogens with two attached hydrogens (primary N) is 1. The Morgan fingerprint density at radius 2 is 1.83 bits per heavy atom. The molecule has 24 heavy (non-hydrogen) atoms. The second-order valence-electron chi connectivity index (χ2n) is 5.54. The lowest BCUT2D eigenvalue weighted by Crippen LogP contribution is -2.29. The van der Waals surface area contributed by atoms with Gasteiger partial charge in [0.1, 0.15) is 0 Å². The van der Waals surface area contributed by atoms with Gasteiger partial charge in [0.2, 0.25) is 5.91 Å². The van der Waals surface area contributed by atoms with Crippen LogP contribution in [0.5, 0.6) is 0 Å². The van der Waals surface area contributed by atoms with Crippen molar-refractivity contribution in [3.8, 4) is 0 Å². The molecule has 1 aromatic heterocycles. The van der Waals surface area contributed by atoms with Crippen molar-refractivity contribution < 1.29 is 9.59 Å². The van der Waals surface area contributed by atoms with Gasteiger partial charge in [0.25, 0.3) is 5.91 Å². The van der Waals surface area contributed by atoms with Crippen LogP contribution in [0.4, 0.5) is 11.4 Å². The van der Waals surface area contributed by atoms with Crippen molar-refractivity contribution in [3.05, 3.63) is 46.2 Å². The van der Waals surface area contributed by atoms with Crippen molar-refractivity contribution in [1.82, 2.24) is 5.32 Å². The molecule has 2 aromatic rings. The molecule has 0 spiro atoms. The maximum absolute atomic E-state index is 12.3. The van der Waals surface area contributed by atoms with Gasteiger partial charge in [-0.05, 0) is 37.1 Å². The molecule has 0 aliphatic carbocycles. The third-order valence-electron chi connectivity index (χ3n) is 3.89. The molecule has 4 N–H and O–H groups in total. The van der Waals surface area contributed by atoms with Gasteiger partial charge in [0, 0.05) is 10.8 Å². The molecule has 6 heteroatoms. The van der Waals surface area contributed by atoms with E-state index in [1.165, 1.54) is 11.3 Å². The molecule has 0 fully saturated rings. The van der Waals surface area contributed by atoms with Gasteiger partial charge in [-0.15, -0.1) is 11.3 Å². The first-order valence-electron chi connectivity index (χ1n) is 8.07. The average Bonchev–Trinajstić information content (AvgIpc) is 3.05. The number of benzene rings is 1. The van der Waals surface area contributed by atoms with E-state index in [0.717, 1.165) is 17.7 Å².